The van der Waals surface area contributed by atoms with Crippen LogP contribution in [-0.2, 0) is 6.42 Å². The molecule has 7 heteroatoms. The van der Waals surface area contributed by atoms with Crippen LogP contribution in [0.25, 0.3) is 21.3 Å². The van der Waals surface area contributed by atoms with Crippen molar-refractivity contribution in [3.8, 4) is 11.3 Å². The van der Waals surface area contributed by atoms with Gasteiger partial charge in [-0.3, -0.25) is 0 Å². The standard InChI is InChI=1S/C24H31N3OS.2ClH/c1-4-26-12-14-27(15-13-26)23-20-10-16-29-22(20)17-21(25-23)19-7-5-18(6-8-19)9-11-24(2,3)28;;/h5-8,10,16-17,28H,4,9,11-15H2,1-3H3;2*1H. The summed E-state index contributed by atoms with van der Waals surface area (Å²) in [6, 6.07) is 13.1. The zero-order valence-corrected chi connectivity index (χ0v) is 21.0. The van der Waals surface area contributed by atoms with Crippen LogP contribution < -0.4 is 4.90 Å². The van der Waals surface area contributed by atoms with Crippen LogP contribution >= 0.6 is 36.2 Å². The fourth-order valence-electron chi connectivity index (χ4n) is 3.91. The zero-order chi connectivity index (χ0) is 20.4. The molecule has 1 fully saturated rings. The molecule has 0 bridgehead atoms. The van der Waals surface area contributed by atoms with E-state index >= 15 is 0 Å². The number of hydrogen-bond donors (Lipinski definition) is 1. The van der Waals surface area contributed by atoms with Crippen LogP contribution in [0.5, 0.6) is 0 Å². The quantitative estimate of drug-likeness (QED) is 0.493. The van der Waals surface area contributed by atoms with Crippen molar-refractivity contribution in [2.75, 3.05) is 37.6 Å². The molecule has 0 spiro atoms. The van der Waals surface area contributed by atoms with E-state index in [4.69, 9.17) is 4.98 Å². The average molecular weight is 483 g/mol. The number of benzene rings is 1. The Balaban J connectivity index is 0.00000171. The van der Waals surface area contributed by atoms with Crippen LogP contribution in [0.3, 0.4) is 0 Å². The van der Waals surface area contributed by atoms with E-state index in [1.165, 1.54) is 15.6 Å². The van der Waals surface area contributed by atoms with Crippen LogP contribution in [-0.4, -0.2) is 53.3 Å². The molecule has 1 aliphatic rings. The van der Waals surface area contributed by atoms with E-state index in [0.29, 0.717) is 0 Å². The predicted octanol–water partition coefficient (Wildman–Crippen LogP) is 5.65. The van der Waals surface area contributed by atoms with Crippen LogP contribution in [0.1, 0.15) is 32.8 Å². The van der Waals surface area contributed by atoms with Gasteiger partial charge in [-0.1, -0.05) is 31.2 Å². The monoisotopic (exact) mass is 481 g/mol. The zero-order valence-electron chi connectivity index (χ0n) is 18.5. The number of anilines is 1. The minimum Gasteiger partial charge on any atom is -0.390 e. The summed E-state index contributed by atoms with van der Waals surface area (Å²) in [6.07, 6.45) is 1.65. The number of nitrogens with zero attached hydrogens (tertiary/aromatic N) is 3. The van der Waals surface area contributed by atoms with Gasteiger partial charge in [0.1, 0.15) is 5.82 Å². The van der Waals surface area contributed by atoms with Crippen LogP contribution in [0, 0.1) is 0 Å². The first kappa shape index (κ1) is 25.9. The Morgan fingerprint density at radius 3 is 2.32 bits per heavy atom. The molecule has 2 aromatic heterocycles. The van der Waals surface area contributed by atoms with E-state index in [9.17, 15) is 5.11 Å². The summed E-state index contributed by atoms with van der Waals surface area (Å²) >= 11 is 1.79. The second kappa shape index (κ2) is 11.0. The molecule has 170 valence electrons. The van der Waals surface area contributed by atoms with E-state index in [1.54, 1.807) is 11.3 Å². The summed E-state index contributed by atoms with van der Waals surface area (Å²) < 4.78 is 1.30. The molecule has 1 aromatic carbocycles. The number of aryl methyl sites for hydroxylation is 1. The molecule has 0 saturated carbocycles. The lowest BCUT2D eigenvalue weighted by Crippen LogP contribution is -2.46. The summed E-state index contributed by atoms with van der Waals surface area (Å²) in [4.78, 5) is 10.1. The number of fused-ring (bicyclic) bond motifs is 1. The number of halogens is 2. The summed E-state index contributed by atoms with van der Waals surface area (Å²) in [5.41, 5.74) is 2.83. The lowest BCUT2D eigenvalue weighted by atomic mass is 9.98. The van der Waals surface area contributed by atoms with E-state index in [-0.39, 0.29) is 24.8 Å². The van der Waals surface area contributed by atoms with Crippen molar-refractivity contribution in [2.24, 2.45) is 0 Å². The molecule has 31 heavy (non-hydrogen) atoms. The van der Waals surface area contributed by atoms with Gasteiger partial charge in [-0.05, 0) is 56.3 Å². The van der Waals surface area contributed by atoms with Gasteiger partial charge in [-0.15, -0.1) is 36.2 Å². The average Bonchev–Trinajstić information content (AvgIpc) is 3.20. The maximum absolute atomic E-state index is 9.96. The number of hydrogen-bond acceptors (Lipinski definition) is 5. The van der Waals surface area contributed by atoms with Gasteiger partial charge in [-0.2, -0.15) is 0 Å². The van der Waals surface area contributed by atoms with E-state index in [2.05, 4.69) is 58.5 Å². The third kappa shape index (κ3) is 6.33. The molecule has 4 nitrogen and oxygen atoms in total. The third-order valence-electron chi connectivity index (χ3n) is 5.82. The van der Waals surface area contributed by atoms with Crippen molar-refractivity contribution >= 4 is 52.1 Å². The van der Waals surface area contributed by atoms with E-state index < -0.39 is 5.60 Å². The van der Waals surface area contributed by atoms with Gasteiger partial charge >= 0.3 is 0 Å². The molecular weight excluding hydrogens is 449 g/mol. The topological polar surface area (TPSA) is 39.6 Å². The lowest BCUT2D eigenvalue weighted by Gasteiger charge is -2.35. The Kier molecular flexibility index (Phi) is 9.16. The van der Waals surface area contributed by atoms with E-state index in [0.717, 1.165) is 62.6 Å². The molecule has 0 radical (unpaired) electrons. The Hall–Kier alpha value is -1.37. The van der Waals surface area contributed by atoms with Crippen molar-refractivity contribution in [1.29, 1.82) is 0 Å². The fraction of sp³-hybridized carbons (Fsp3) is 0.458. The predicted molar refractivity (Wildman–Crippen MR) is 138 cm³/mol. The second-order valence-electron chi connectivity index (χ2n) is 8.59. The minimum atomic E-state index is -0.624. The normalized spacial score (nSPS) is 14.9. The van der Waals surface area contributed by atoms with Gasteiger partial charge in [0.25, 0.3) is 0 Å². The van der Waals surface area contributed by atoms with Gasteiger partial charge in [-0.25, -0.2) is 4.98 Å². The molecule has 0 unspecified atom stereocenters. The summed E-state index contributed by atoms with van der Waals surface area (Å²) in [5.74, 6) is 1.13. The van der Waals surface area contributed by atoms with Gasteiger partial charge in [0, 0.05) is 41.8 Å². The van der Waals surface area contributed by atoms with Gasteiger partial charge < -0.3 is 14.9 Å². The van der Waals surface area contributed by atoms with Crippen molar-refractivity contribution < 1.29 is 5.11 Å². The molecule has 4 rings (SSSR count). The summed E-state index contributed by atoms with van der Waals surface area (Å²) in [6.45, 7) is 11.3. The number of pyridine rings is 1. The minimum absolute atomic E-state index is 0. The second-order valence-corrected chi connectivity index (χ2v) is 9.54. The van der Waals surface area contributed by atoms with Crippen LogP contribution in [0.2, 0.25) is 0 Å². The number of likely N-dealkylation sites (N-methyl/N-ethyl adjacent to an activating group) is 1. The third-order valence-corrected chi connectivity index (χ3v) is 6.69. The van der Waals surface area contributed by atoms with Gasteiger partial charge in [0.2, 0.25) is 0 Å². The number of rotatable bonds is 6. The lowest BCUT2D eigenvalue weighted by molar-refractivity contribution is 0.0714. The summed E-state index contributed by atoms with van der Waals surface area (Å²) in [7, 11) is 0. The number of aliphatic hydroxyl groups is 1. The Morgan fingerprint density at radius 1 is 1.03 bits per heavy atom. The molecular formula is C24H33Cl2N3OS. The molecule has 0 aliphatic carbocycles. The van der Waals surface area contributed by atoms with Gasteiger partial charge in [0.05, 0.1) is 11.3 Å². The largest absolute Gasteiger partial charge is 0.390 e. The molecule has 3 aromatic rings. The SMILES string of the molecule is CCN1CCN(c2nc(-c3ccc(CCC(C)(C)O)cc3)cc3sccc23)CC1.Cl.Cl. The van der Waals surface area contributed by atoms with Crippen molar-refractivity contribution in [3.63, 3.8) is 0 Å². The van der Waals surface area contributed by atoms with Crippen molar-refractivity contribution in [3.05, 3.63) is 47.3 Å². The van der Waals surface area contributed by atoms with Crippen molar-refractivity contribution in [1.82, 2.24) is 9.88 Å². The smallest absolute Gasteiger partial charge is 0.138 e. The van der Waals surface area contributed by atoms with Crippen LogP contribution in [0.4, 0.5) is 5.82 Å². The summed E-state index contributed by atoms with van der Waals surface area (Å²) in [5, 5.41) is 13.4. The number of piperazine rings is 1. The molecule has 3 heterocycles. The molecule has 0 atom stereocenters. The highest BCUT2D eigenvalue weighted by molar-refractivity contribution is 7.17. The Labute approximate surface area is 202 Å². The first-order valence-electron chi connectivity index (χ1n) is 10.6. The molecule has 1 N–H and O–H groups in total. The maximum Gasteiger partial charge on any atom is 0.138 e. The van der Waals surface area contributed by atoms with E-state index in [1.807, 2.05) is 13.8 Å². The Morgan fingerprint density at radius 2 is 1.71 bits per heavy atom. The first-order valence-corrected chi connectivity index (χ1v) is 11.5. The van der Waals surface area contributed by atoms with Crippen molar-refractivity contribution in [2.45, 2.75) is 39.2 Å². The highest BCUT2D eigenvalue weighted by Gasteiger charge is 2.20. The van der Waals surface area contributed by atoms with Gasteiger partial charge in [0.15, 0.2) is 0 Å². The Bertz CT molecular complexity index is 961. The maximum atomic E-state index is 9.96. The highest BCUT2D eigenvalue weighted by atomic mass is 35.5. The molecule has 0 amide bonds. The van der Waals surface area contributed by atoms with Crippen LogP contribution in [0.15, 0.2) is 41.8 Å². The first-order chi connectivity index (χ1) is 13.9. The highest BCUT2D eigenvalue weighted by Crippen LogP contribution is 2.34. The number of thiophene rings is 1. The molecule has 1 saturated heterocycles. The molecule has 1 aliphatic heterocycles. The number of aromatic nitrogens is 1. The fourth-order valence-corrected chi connectivity index (χ4v) is 4.72.